The fourth-order valence-corrected chi connectivity index (χ4v) is 8.94. The maximum absolute atomic E-state index is 12.4. The van der Waals surface area contributed by atoms with Crippen molar-refractivity contribution in [1.82, 2.24) is 5.32 Å². The first kappa shape index (κ1) is 64.1. The molecule has 0 aromatic rings. The lowest BCUT2D eigenvalue weighted by Gasteiger charge is -2.20. The molecule has 0 saturated carbocycles. The highest BCUT2D eigenvalue weighted by molar-refractivity contribution is 5.76. The quantitative estimate of drug-likeness (QED) is 0.0321. The molecule has 6 heteroatoms. The second kappa shape index (κ2) is 55.7. The highest BCUT2D eigenvalue weighted by Gasteiger charge is 2.18. The van der Waals surface area contributed by atoms with Crippen LogP contribution in [0.15, 0.2) is 36.5 Å². The van der Waals surface area contributed by atoms with Gasteiger partial charge in [0, 0.05) is 12.8 Å². The molecule has 0 radical (unpaired) electrons. The van der Waals surface area contributed by atoms with Crippen molar-refractivity contribution in [2.45, 2.75) is 321 Å². The van der Waals surface area contributed by atoms with Crippen LogP contribution in [0, 0.1) is 0 Å². The van der Waals surface area contributed by atoms with Crippen molar-refractivity contribution >= 4 is 11.9 Å². The Bertz CT molecular complexity index is 1070. The van der Waals surface area contributed by atoms with Crippen LogP contribution in [0.4, 0.5) is 0 Å². The first-order chi connectivity index (χ1) is 32.5. The molecule has 0 aromatic heterocycles. The largest absolute Gasteiger partial charge is 0.465 e. The topological polar surface area (TPSA) is 95.9 Å². The molecule has 2 unspecified atom stereocenters. The minimum absolute atomic E-state index is 0.0331. The fourth-order valence-electron chi connectivity index (χ4n) is 8.94. The number of hydrogen-bond donors (Lipinski definition) is 3. The molecule has 2 atom stereocenters. The zero-order valence-electron chi connectivity index (χ0n) is 44.2. The first-order valence-corrected chi connectivity index (χ1v) is 29.3. The number of hydrogen-bond acceptors (Lipinski definition) is 5. The van der Waals surface area contributed by atoms with Crippen LogP contribution >= 0.6 is 0 Å². The molecular formula is C60H113NO5. The van der Waals surface area contributed by atoms with Crippen LogP contribution in [0.3, 0.4) is 0 Å². The van der Waals surface area contributed by atoms with Gasteiger partial charge in [-0.05, 0) is 51.4 Å². The van der Waals surface area contributed by atoms with E-state index >= 15 is 0 Å². The lowest BCUT2D eigenvalue weighted by Crippen LogP contribution is -2.45. The second-order valence-electron chi connectivity index (χ2n) is 20.0. The van der Waals surface area contributed by atoms with Gasteiger partial charge in [-0.15, -0.1) is 0 Å². The first-order valence-electron chi connectivity index (χ1n) is 29.3. The van der Waals surface area contributed by atoms with Crippen LogP contribution in [0.2, 0.25) is 0 Å². The van der Waals surface area contributed by atoms with Gasteiger partial charge in [0.15, 0.2) is 0 Å². The lowest BCUT2D eigenvalue weighted by atomic mass is 10.0. The number of carbonyl (C=O) groups excluding carboxylic acids is 2. The van der Waals surface area contributed by atoms with Crippen molar-refractivity contribution in [1.29, 1.82) is 0 Å². The van der Waals surface area contributed by atoms with Gasteiger partial charge in [0.2, 0.25) is 5.91 Å². The number of nitrogens with one attached hydrogen (secondary N) is 1. The van der Waals surface area contributed by atoms with E-state index in [1.54, 1.807) is 6.08 Å². The summed E-state index contributed by atoms with van der Waals surface area (Å²) in [7, 11) is 0. The summed E-state index contributed by atoms with van der Waals surface area (Å²) in [6.07, 6.45) is 69.0. The van der Waals surface area contributed by atoms with Crippen LogP contribution in [0.5, 0.6) is 0 Å². The van der Waals surface area contributed by atoms with E-state index in [1.165, 1.54) is 231 Å². The van der Waals surface area contributed by atoms with Crippen LogP contribution in [0.1, 0.15) is 309 Å². The van der Waals surface area contributed by atoms with E-state index in [0.717, 1.165) is 51.4 Å². The molecule has 0 bridgehead atoms. The van der Waals surface area contributed by atoms with E-state index in [4.69, 9.17) is 4.74 Å². The third-order valence-electron chi connectivity index (χ3n) is 13.4. The van der Waals surface area contributed by atoms with Gasteiger partial charge in [0.25, 0.3) is 0 Å². The average molecular weight is 929 g/mol. The molecule has 1 amide bonds. The summed E-state index contributed by atoms with van der Waals surface area (Å²) < 4.78 is 5.42. The molecule has 0 heterocycles. The maximum atomic E-state index is 12.4. The summed E-state index contributed by atoms with van der Waals surface area (Å²) in [4.78, 5) is 24.5. The van der Waals surface area contributed by atoms with Crippen molar-refractivity contribution < 1.29 is 24.5 Å². The molecule has 0 spiro atoms. The molecular weight excluding hydrogens is 815 g/mol. The highest BCUT2D eigenvalue weighted by atomic mass is 16.5. The number of amides is 1. The predicted octanol–water partition coefficient (Wildman–Crippen LogP) is 18.0. The molecule has 0 aliphatic carbocycles. The molecule has 0 aliphatic rings. The van der Waals surface area contributed by atoms with Gasteiger partial charge in [-0.2, -0.15) is 0 Å². The summed E-state index contributed by atoms with van der Waals surface area (Å²) >= 11 is 0. The number of aliphatic hydroxyl groups is 2. The lowest BCUT2D eigenvalue weighted by molar-refractivity contribution is -0.143. The van der Waals surface area contributed by atoms with Gasteiger partial charge in [-0.1, -0.05) is 281 Å². The molecule has 3 N–H and O–H groups in total. The predicted molar refractivity (Wildman–Crippen MR) is 287 cm³/mol. The normalized spacial score (nSPS) is 12.8. The number of unbranched alkanes of at least 4 members (excludes halogenated alkanes) is 39. The zero-order valence-corrected chi connectivity index (χ0v) is 44.2. The SMILES string of the molecule is CCCCCCCCCCCCC/C=C/C(O)C(CO)NC(=O)CCCCCCCCCCCCCCCC/C=C\C/C=C\CCOC(=O)CCCCCCCCCCCCCCCCC. The minimum atomic E-state index is -0.847. The number of rotatable bonds is 54. The third kappa shape index (κ3) is 51.5. The Labute approximate surface area is 411 Å². The summed E-state index contributed by atoms with van der Waals surface area (Å²) in [6, 6.07) is -0.631. The van der Waals surface area contributed by atoms with Gasteiger partial charge in [-0.3, -0.25) is 9.59 Å². The van der Waals surface area contributed by atoms with Crippen molar-refractivity contribution in [3.63, 3.8) is 0 Å². The number of esters is 1. The van der Waals surface area contributed by atoms with Crippen molar-refractivity contribution in [3.05, 3.63) is 36.5 Å². The van der Waals surface area contributed by atoms with E-state index in [1.807, 2.05) is 6.08 Å². The monoisotopic (exact) mass is 928 g/mol. The number of carbonyl (C=O) groups is 2. The van der Waals surface area contributed by atoms with E-state index in [9.17, 15) is 19.8 Å². The minimum Gasteiger partial charge on any atom is -0.465 e. The Morgan fingerprint density at radius 2 is 0.758 bits per heavy atom. The fraction of sp³-hybridized carbons (Fsp3) is 0.867. The van der Waals surface area contributed by atoms with Gasteiger partial charge in [0.05, 0.1) is 25.4 Å². The molecule has 0 aromatic carbocycles. The highest BCUT2D eigenvalue weighted by Crippen LogP contribution is 2.17. The van der Waals surface area contributed by atoms with Crippen molar-refractivity contribution in [2.75, 3.05) is 13.2 Å². The standard InChI is InChI=1S/C60H113NO5/c1-3-5-7-9-11-13-15-17-25-30-34-38-42-46-50-54-60(65)66-55-51-47-43-39-35-31-27-24-22-20-18-19-21-23-26-29-33-37-41-45-49-53-59(64)61-57(56-62)58(63)52-48-44-40-36-32-28-16-14-12-10-8-6-4-2/h31,35,43,47-48,52,57-58,62-63H,3-30,32-34,36-42,44-46,49-51,53-56H2,1-2H3,(H,61,64)/b35-31-,47-43-,52-48+. The van der Waals surface area contributed by atoms with E-state index in [2.05, 4.69) is 43.5 Å². The van der Waals surface area contributed by atoms with Gasteiger partial charge in [0.1, 0.15) is 0 Å². The van der Waals surface area contributed by atoms with E-state index < -0.39 is 12.1 Å². The van der Waals surface area contributed by atoms with Crippen LogP contribution in [-0.4, -0.2) is 47.4 Å². The van der Waals surface area contributed by atoms with Crippen molar-refractivity contribution in [3.8, 4) is 0 Å². The molecule has 0 rings (SSSR count). The molecule has 66 heavy (non-hydrogen) atoms. The third-order valence-corrected chi connectivity index (χ3v) is 13.4. The van der Waals surface area contributed by atoms with E-state index in [-0.39, 0.29) is 18.5 Å². The number of aliphatic hydroxyl groups excluding tert-OH is 2. The number of allylic oxidation sites excluding steroid dienone is 4. The second-order valence-corrected chi connectivity index (χ2v) is 20.0. The number of ether oxygens (including phenoxy) is 1. The molecule has 0 fully saturated rings. The Hall–Kier alpha value is -1.92. The molecule has 0 saturated heterocycles. The smallest absolute Gasteiger partial charge is 0.305 e. The molecule has 0 aliphatic heterocycles. The maximum Gasteiger partial charge on any atom is 0.305 e. The summed E-state index contributed by atoms with van der Waals surface area (Å²) in [5.41, 5.74) is 0. The van der Waals surface area contributed by atoms with Gasteiger partial charge in [-0.25, -0.2) is 0 Å². The Balaban J connectivity index is 3.46. The van der Waals surface area contributed by atoms with Gasteiger partial charge >= 0.3 is 5.97 Å². The summed E-state index contributed by atoms with van der Waals surface area (Å²) in [5.74, 6) is -0.106. The van der Waals surface area contributed by atoms with Crippen LogP contribution in [0.25, 0.3) is 0 Å². The Morgan fingerprint density at radius 3 is 1.15 bits per heavy atom. The van der Waals surface area contributed by atoms with Crippen molar-refractivity contribution in [2.24, 2.45) is 0 Å². The summed E-state index contributed by atoms with van der Waals surface area (Å²) in [5, 5.41) is 23.1. The summed E-state index contributed by atoms with van der Waals surface area (Å²) in [6.45, 7) is 4.80. The van der Waals surface area contributed by atoms with Gasteiger partial charge < -0.3 is 20.3 Å². The van der Waals surface area contributed by atoms with Crippen LogP contribution < -0.4 is 5.32 Å². The molecule has 388 valence electrons. The Morgan fingerprint density at radius 1 is 0.424 bits per heavy atom. The average Bonchev–Trinajstić information content (AvgIpc) is 3.32. The van der Waals surface area contributed by atoms with E-state index in [0.29, 0.717) is 19.4 Å². The van der Waals surface area contributed by atoms with Crippen LogP contribution in [-0.2, 0) is 14.3 Å². The zero-order chi connectivity index (χ0) is 47.9. The Kier molecular flexibility index (Phi) is 54.1. The molecule has 6 nitrogen and oxygen atoms in total.